The molecule has 0 radical (unpaired) electrons. The Hall–Kier alpha value is -1.18. The Balaban J connectivity index is 4.25. The maximum absolute atomic E-state index is 3.33. The highest BCUT2D eigenvalue weighted by molar-refractivity contribution is 5.31. The normalized spacial score (nSPS) is 10.5. The van der Waals surface area contributed by atoms with Crippen LogP contribution in [0.4, 0.5) is 0 Å². The largest absolute Gasteiger partial charge is 0.125 e. The third-order valence-electron chi connectivity index (χ3n) is 3.40. The lowest BCUT2D eigenvalue weighted by Gasteiger charge is -1.96. The highest BCUT2D eigenvalue weighted by Crippen LogP contribution is 2.07. The average molecular weight is 287 g/mol. The highest BCUT2D eigenvalue weighted by Gasteiger charge is 1.90. The van der Waals surface area contributed by atoms with Gasteiger partial charge in [-0.25, -0.2) is 0 Å². The van der Waals surface area contributed by atoms with Crippen LogP contribution >= 0.6 is 0 Å². The van der Waals surface area contributed by atoms with E-state index in [0.717, 1.165) is 19.3 Å². The average Bonchev–Trinajstić information content (AvgIpc) is 2.50. The molecule has 0 saturated carbocycles. The van der Waals surface area contributed by atoms with Crippen molar-refractivity contribution in [3.05, 3.63) is 29.5 Å². The summed E-state index contributed by atoms with van der Waals surface area (Å²) in [5.74, 6) is 6.63. The molecule has 0 aliphatic heterocycles. The van der Waals surface area contributed by atoms with Gasteiger partial charge in [0.25, 0.3) is 0 Å². The first-order valence-corrected chi connectivity index (χ1v) is 8.94. The van der Waals surface area contributed by atoms with Gasteiger partial charge in [-0.05, 0) is 50.3 Å². The zero-order valence-corrected chi connectivity index (χ0v) is 14.5. The van der Waals surface area contributed by atoms with E-state index in [1.165, 1.54) is 56.9 Å². The van der Waals surface area contributed by atoms with E-state index >= 15 is 0 Å². The van der Waals surface area contributed by atoms with Crippen molar-refractivity contribution < 1.29 is 0 Å². The van der Waals surface area contributed by atoms with Crippen molar-refractivity contribution in [3.8, 4) is 11.8 Å². The lowest BCUT2D eigenvalue weighted by Crippen LogP contribution is -1.80. The summed E-state index contributed by atoms with van der Waals surface area (Å²) in [7, 11) is 0. The van der Waals surface area contributed by atoms with Gasteiger partial charge in [-0.15, -0.1) is 5.73 Å². The van der Waals surface area contributed by atoms with Crippen LogP contribution in [0.25, 0.3) is 0 Å². The highest BCUT2D eigenvalue weighted by atomic mass is 13.9. The number of unbranched alkanes of at least 4 members (excludes halogenated alkanes) is 7. The lowest BCUT2D eigenvalue weighted by atomic mass is 10.1. The second-order valence-corrected chi connectivity index (χ2v) is 5.59. The van der Waals surface area contributed by atoms with Crippen LogP contribution in [0.3, 0.4) is 0 Å². The minimum atomic E-state index is 1.02. The summed E-state index contributed by atoms with van der Waals surface area (Å²) in [4.78, 5) is 0. The van der Waals surface area contributed by atoms with E-state index in [1.807, 2.05) is 6.08 Å². The van der Waals surface area contributed by atoms with E-state index in [2.05, 4.69) is 50.5 Å². The Morgan fingerprint density at radius 3 is 2.33 bits per heavy atom. The molecule has 0 aromatic rings. The van der Waals surface area contributed by atoms with Crippen molar-refractivity contribution in [2.45, 2.75) is 91.4 Å². The lowest BCUT2D eigenvalue weighted by molar-refractivity contribution is 0.675. The molecule has 0 aromatic heterocycles. The minimum Gasteiger partial charge on any atom is -0.125 e. The van der Waals surface area contributed by atoms with E-state index in [0.29, 0.717) is 0 Å². The molecule has 0 aliphatic carbocycles. The van der Waals surface area contributed by atoms with Crippen molar-refractivity contribution in [1.82, 2.24) is 0 Å². The van der Waals surface area contributed by atoms with Gasteiger partial charge in [-0.1, -0.05) is 64.7 Å². The van der Waals surface area contributed by atoms with Gasteiger partial charge in [0, 0.05) is 12.0 Å². The van der Waals surface area contributed by atoms with Crippen LogP contribution in [0.5, 0.6) is 0 Å². The van der Waals surface area contributed by atoms with Gasteiger partial charge in [-0.3, -0.25) is 0 Å². The zero-order chi connectivity index (χ0) is 15.6. The predicted molar refractivity (Wildman–Crippen MR) is 96.3 cm³/mol. The number of hydrogen-bond donors (Lipinski definition) is 0. The molecule has 0 aromatic carbocycles. The Bertz CT molecular complexity index is 367. The van der Waals surface area contributed by atoms with Gasteiger partial charge in [0.2, 0.25) is 0 Å². The van der Waals surface area contributed by atoms with Crippen molar-refractivity contribution in [1.29, 1.82) is 0 Å². The SMILES string of the molecule is CCCCC#C/C(=C/C=C=CCCCCCC)CCCC. The Morgan fingerprint density at radius 1 is 0.857 bits per heavy atom. The maximum Gasteiger partial charge on any atom is 0.00922 e. The molecule has 0 N–H and O–H groups in total. The van der Waals surface area contributed by atoms with Crippen molar-refractivity contribution in [3.63, 3.8) is 0 Å². The molecule has 0 saturated heterocycles. The van der Waals surface area contributed by atoms with Crippen molar-refractivity contribution >= 4 is 0 Å². The third-order valence-corrected chi connectivity index (χ3v) is 3.40. The van der Waals surface area contributed by atoms with Gasteiger partial charge in [0.15, 0.2) is 0 Å². The van der Waals surface area contributed by atoms with Gasteiger partial charge in [-0.2, -0.15) is 0 Å². The second-order valence-electron chi connectivity index (χ2n) is 5.59. The van der Waals surface area contributed by atoms with Crippen molar-refractivity contribution in [2.24, 2.45) is 0 Å². The number of allylic oxidation sites excluding steroid dienone is 3. The fraction of sp³-hybridized carbons (Fsp3) is 0.667. The molecule has 0 aliphatic rings. The van der Waals surface area contributed by atoms with Gasteiger partial charge >= 0.3 is 0 Å². The summed E-state index contributed by atoms with van der Waals surface area (Å²) in [6, 6.07) is 0. The zero-order valence-electron chi connectivity index (χ0n) is 14.5. The van der Waals surface area contributed by atoms with Crippen LogP contribution < -0.4 is 0 Å². The molecule has 0 spiro atoms. The molecule has 0 heteroatoms. The quantitative estimate of drug-likeness (QED) is 0.166. The summed E-state index contributed by atoms with van der Waals surface area (Å²) >= 11 is 0. The molecule has 0 atom stereocenters. The van der Waals surface area contributed by atoms with Crippen LogP contribution in [0.15, 0.2) is 29.5 Å². The Kier molecular flexibility index (Phi) is 15.9. The first-order chi connectivity index (χ1) is 10.3. The molecule has 0 rings (SSSR count). The fourth-order valence-corrected chi connectivity index (χ4v) is 1.97. The summed E-state index contributed by atoms with van der Waals surface area (Å²) < 4.78 is 0. The first-order valence-electron chi connectivity index (χ1n) is 8.94. The van der Waals surface area contributed by atoms with Gasteiger partial charge < -0.3 is 0 Å². The summed E-state index contributed by atoms with van der Waals surface area (Å²) in [5.41, 5.74) is 4.54. The molecule has 0 nitrogen and oxygen atoms in total. The monoisotopic (exact) mass is 286 g/mol. The smallest absolute Gasteiger partial charge is 0.00922 e. The van der Waals surface area contributed by atoms with E-state index < -0.39 is 0 Å². The van der Waals surface area contributed by atoms with Crippen LogP contribution in [0.2, 0.25) is 0 Å². The fourth-order valence-electron chi connectivity index (χ4n) is 1.97. The molecule has 118 valence electrons. The topological polar surface area (TPSA) is 0 Å². The Morgan fingerprint density at radius 2 is 1.62 bits per heavy atom. The molecule has 21 heavy (non-hydrogen) atoms. The minimum absolute atomic E-state index is 1.02. The molecule has 0 unspecified atom stereocenters. The molecule has 0 fully saturated rings. The van der Waals surface area contributed by atoms with E-state index in [9.17, 15) is 0 Å². The van der Waals surface area contributed by atoms with E-state index in [4.69, 9.17) is 0 Å². The predicted octanol–water partition coefficient (Wildman–Crippen LogP) is 6.98. The maximum atomic E-state index is 3.33. The van der Waals surface area contributed by atoms with Crippen molar-refractivity contribution in [2.75, 3.05) is 0 Å². The van der Waals surface area contributed by atoms with Gasteiger partial charge in [0.1, 0.15) is 0 Å². The number of hydrogen-bond acceptors (Lipinski definition) is 0. The first kappa shape index (κ1) is 19.8. The molecule has 0 heterocycles. The van der Waals surface area contributed by atoms with E-state index in [1.54, 1.807) is 0 Å². The number of rotatable bonds is 11. The summed E-state index contributed by atoms with van der Waals surface area (Å²) in [6.45, 7) is 6.69. The molecule has 0 bridgehead atoms. The van der Waals surface area contributed by atoms with Crippen LogP contribution in [0, 0.1) is 11.8 Å². The van der Waals surface area contributed by atoms with Crippen LogP contribution in [-0.2, 0) is 0 Å². The molecule has 0 amide bonds. The standard InChI is InChI=1S/C21H34/c1-4-7-10-12-13-14-15-17-20-21(18-9-6-3)19-16-11-8-5-2/h14,17,20H,4-13,18H2,1-3H3/b21-20+. The molecular formula is C21H34. The van der Waals surface area contributed by atoms with Crippen LogP contribution in [-0.4, -0.2) is 0 Å². The Labute approximate surface area is 133 Å². The second kappa shape index (κ2) is 16.9. The van der Waals surface area contributed by atoms with E-state index in [-0.39, 0.29) is 0 Å². The third kappa shape index (κ3) is 15.0. The van der Waals surface area contributed by atoms with Gasteiger partial charge in [0.05, 0.1) is 0 Å². The summed E-state index contributed by atoms with van der Waals surface area (Å²) in [6.07, 6.45) is 19.8. The summed E-state index contributed by atoms with van der Waals surface area (Å²) in [5, 5.41) is 0. The molecular weight excluding hydrogens is 252 g/mol. The van der Waals surface area contributed by atoms with Crippen LogP contribution in [0.1, 0.15) is 91.4 Å².